The number of carbonyl (C=O) groups is 2. The molecule has 12 nitrogen and oxygen atoms in total. The maximum absolute atomic E-state index is 12.5. The Bertz CT molecular complexity index is 835. The lowest BCUT2D eigenvalue weighted by molar-refractivity contribution is -0.147. The van der Waals surface area contributed by atoms with Crippen LogP contribution in [-0.4, -0.2) is 93.4 Å². The van der Waals surface area contributed by atoms with Gasteiger partial charge in [-0.25, -0.2) is 10.3 Å². The molecule has 2 aliphatic heterocycles. The van der Waals surface area contributed by atoms with Crippen molar-refractivity contribution in [3.63, 3.8) is 0 Å². The van der Waals surface area contributed by atoms with Gasteiger partial charge in [-0.05, 0) is 17.7 Å². The number of esters is 1. The van der Waals surface area contributed by atoms with E-state index in [9.17, 15) is 9.59 Å². The second-order valence-corrected chi connectivity index (χ2v) is 6.50. The number of benzene rings is 1. The number of nitrogens with one attached hydrogen (secondary N) is 2. The van der Waals surface area contributed by atoms with Gasteiger partial charge in [-0.2, -0.15) is 15.3 Å². The van der Waals surface area contributed by atoms with Crippen molar-refractivity contribution in [1.82, 2.24) is 21.0 Å². The fourth-order valence-corrected chi connectivity index (χ4v) is 2.60. The van der Waals surface area contributed by atoms with Gasteiger partial charge in [0.2, 0.25) is 0 Å². The fourth-order valence-electron chi connectivity index (χ4n) is 2.60. The van der Waals surface area contributed by atoms with Crippen LogP contribution in [0.1, 0.15) is 15.9 Å². The molecule has 0 atom stereocenters. The number of methoxy groups -OCH3 is 1. The molecule has 2 N–H and O–H groups in total. The Hall–Kier alpha value is -3.51. The number of amides is 1. The highest BCUT2D eigenvalue weighted by atomic mass is 16.6. The van der Waals surface area contributed by atoms with Gasteiger partial charge in [0, 0.05) is 12.7 Å². The first-order valence-electron chi connectivity index (χ1n) is 9.71. The van der Waals surface area contributed by atoms with Crippen LogP contribution >= 0.6 is 0 Å². The van der Waals surface area contributed by atoms with E-state index in [2.05, 4.69) is 26.2 Å². The van der Waals surface area contributed by atoms with Crippen molar-refractivity contribution < 1.29 is 23.8 Å². The Balaban J connectivity index is 1.50. The van der Waals surface area contributed by atoms with Crippen molar-refractivity contribution in [3.8, 4) is 0 Å². The van der Waals surface area contributed by atoms with Crippen molar-refractivity contribution in [3.05, 3.63) is 35.4 Å². The van der Waals surface area contributed by atoms with E-state index in [-0.39, 0.29) is 24.9 Å². The molecule has 0 radical (unpaired) electrons. The van der Waals surface area contributed by atoms with Gasteiger partial charge < -0.3 is 19.5 Å². The van der Waals surface area contributed by atoms with Crippen molar-refractivity contribution in [2.24, 2.45) is 15.3 Å². The lowest BCUT2D eigenvalue weighted by Crippen LogP contribution is -2.43. The van der Waals surface area contributed by atoms with Crippen LogP contribution in [0.5, 0.6) is 0 Å². The second-order valence-electron chi connectivity index (χ2n) is 6.50. The molecule has 0 aliphatic carbocycles. The molecule has 0 bridgehead atoms. The third kappa shape index (κ3) is 7.35. The normalized spacial score (nSPS) is 16.1. The van der Waals surface area contributed by atoms with Crippen LogP contribution in [0, 0.1) is 0 Å². The summed E-state index contributed by atoms with van der Waals surface area (Å²) in [5.74, 6) is -0.678. The molecule has 1 saturated heterocycles. The summed E-state index contributed by atoms with van der Waals surface area (Å²) in [5, 5.41) is 18.1. The van der Waals surface area contributed by atoms with Crippen molar-refractivity contribution in [2.45, 2.75) is 0 Å². The average molecular weight is 431 g/mol. The summed E-state index contributed by atoms with van der Waals surface area (Å²) < 4.78 is 15.1. The molecular formula is C19H25N7O5. The topological polar surface area (TPSA) is 129 Å². The summed E-state index contributed by atoms with van der Waals surface area (Å²) in [4.78, 5) is 24.2. The van der Waals surface area contributed by atoms with E-state index in [0.29, 0.717) is 25.4 Å². The lowest BCUT2D eigenvalue weighted by Gasteiger charge is -2.23. The monoisotopic (exact) mass is 431 g/mol. The van der Waals surface area contributed by atoms with Crippen LogP contribution in [0.25, 0.3) is 0 Å². The number of amidine groups is 1. The van der Waals surface area contributed by atoms with Gasteiger partial charge in [-0.3, -0.25) is 9.80 Å². The Morgan fingerprint density at radius 3 is 2.77 bits per heavy atom. The third-order valence-corrected chi connectivity index (χ3v) is 4.19. The molecule has 1 fully saturated rings. The number of morpholine rings is 1. The molecule has 1 aromatic rings. The molecular weight excluding hydrogens is 406 g/mol. The van der Waals surface area contributed by atoms with Crippen LogP contribution in [0.2, 0.25) is 0 Å². The summed E-state index contributed by atoms with van der Waals surface area (Å²) in [5.41, 5.74) is 3.86. The zero-order valence-corrected chi connectivity index (χ0v) is 17.2. The number of ether oxygens (including phenoxy) is 3. The van der Waals surface area contributed by atoms with E-state index in [4.69, 9.17) is 14.2 Å². The van der Waals surface area contributed by atoms with E-state index in [1.54, 1.807) is 30.5 Å². The maximum Gasteiger partial charge on any atom is 0.329 e. The Morgan fingerprint density at radius 2 is 2.03 bits per heavy atom. The molecule has 2 aliphatic rings. The second kappa shape index (κ2) is 11.6. The first-order valence-corrected chi connectivity index (χ1v) is 9.71. The quantitative estimate of drug-likeness (QED) is 0.317. The zero-order valence-electron chi connectivity index (χ0n) is 17.2. The molecule has 12 heteroatoms. The van der Waals surface area contributed by atoms with E-state index in [1.165, 1.54) is 13.3 Å². The minimum absolute atomic E-state index is 0.146. The van der Waals surface area contributed by atoms with Crippen molar-refractivity contribution >= 4 is 30.1 Å². The molecule has 3 rings (SSSR count). The van der Waals surface area contributed by atoms with Gasteiger partial charge in [-0.15, -0.1) is 5.10 Å². The summed E-state index contributed by atoms with van der Waals surface area (Å²) in [6.07, 6.45) is 3.09. The number of hydrogen-bond donors (Lipinski definition) is 2. The fraction of sp³-hybridized carbons (Fsp3) is 0.421. The van der Waals surface area contributed by atoms with Crippen molar-refractivity contribution in [1.29, 1.82) is 0 Å². The highest BCUT2D eigenvalue weighted by Crippen LogP contribution is 2.04. The van der Waals surface area contributed by atoms with E-state index >= 15 is 0 Å². The largest absolute Gasteiger partial charge is 0.462 e. The molecule has 0 spiro atoms. The third-order valence-electron chi connectivity index (χ3n) is 4.19. The van der Waals surface area contributed by atoms with Gasteiger partial charge >= 0.3 is 5.97 Å². The van der Waals surface area contributed by atoms with Gasteiger partial charge in [0.15, 0.2) is 12.4 Å². The van der Waals surface area contributed by atoms with Crippen LogP contribution in [-0.2, 0) is 19.0 Å². The van der Waals surface area contributed by atoms with Gasteiger partial charge in [0.25, 0.3) is 5.91 Å². The minimum atomic E-state index is -0.509. The SMILES string of the molecule is COCCOC(=O)CN1N=C(NC(=O)c2ccc(C=NN3CCOCC3)cc2)C=NN1. The number of rotatable bonds is 8. The molecule has 166 valence electrons. The van der Waals surface area contributed by atoms with Crippen LogP contribution in [0.15, 0.2) is 39.6 Å². The minimum Gasteiger partial charge on any atom is -0.462 e. The van der Waals surface area contributed by atoms with Gasteiger partial charge in [0.05, 0.1) is 45.3 Å². The van der Waals surface area contributed by atoms with Crippen LogP contribution in [0.3, 0.4) is 0 Å². The molecule has 2 heterocycles. The summed E-state index contributed by atoms with van der Waals surface area (Å²) >= 11 is 0. The Labute approximate surface area is 179 Å². The van der Waals surface area contributed by atoms with Crippen LogP contribution < -0.4 is 10.9 Å². The van der Waals surface area contributed by atoms with Gasteiger partial charge in [0.1, 0.15) is 6.61 Å². The predicted molar refractivity (Wildman–Crippen MR) is 112 cm³/mol. The molecule has 31 heavy (non-hydrogen) atoms. The average Bonchev–Trinajstić information content (AvgIpc) is 2.79. The molecule has 1 aromatic carbocycles. The predicted octanol–water partition coefficient (Wildman–Crippen LogP) is -0.608. The zero-order chi connectivity index (χ0) is 21.9. The van der Waals surface area contributed by atoms with E-state index in [0.717, 1.165) is 23.8 Å². The summed E-state index contributed by atoms with van der Waals surface area (Å²) in [7, 11) is 1.51. The van der Waals surface area contributed by atoms with E-state index < -0.39 is 5.97 Å². The first-order chi connectivity index (χ1) is 15.1. The number of hydrazone groups is 3. The standard InChI is InChI=1S/C19H25N7O5/c1-29-10-11-31-18(27)14-26-23-17(13-20-24-26)22-19(28)16-4-2-15(3-5-16)12-21-25-6-8-30-9-7-25/h2-5,12-13,24H,6-11,14H2,1H3,(H,22,23,28). The number of nitrogens with zero attached hydrogens (tertiary/aromatic N) is 5. The summed E-state index contributed by atoms with van der Waals surface area (Å²) in [6, 6.07) is 7.00. The molecule has 1 amide bonds. The first kappa shape index (κ1) is 22.2. The van der Waals surface area contributed by atoms with Crippen LogP contribution in [0.4, 0.5) is 0 Å². The smallest absolute Gasteiger partial charge is 0.329 e. The van der Waals surface area contributed by atoms with Crippen molar-refractivity contribution in [2.75, 3.05) is 53.2 Å². The Kier molecular flexibility index (Phi) is 8.31. The van der Waals surface area contributed by atoms with Gasteiger partial charge in [-0.1, -0.05) is 12.1 Å². The highest BCUT2D eigenvalue weighted by Gasteiger charge is 2.15. The molecule has 0 saturated carbocycles. The summed E-state index contributed by atoms with van der Waals surface area (Å²) in [6.45, 7) is 3.14. The Morgan fingerprint density at radius 1 is 1.26 bits per heavy atom. The highest BCUT2D eigenvalue weighted by molar-refractivity contribution is 6.34. The number of hydrazine groups is 1. The number of hydrogen-bond acceptors (Lipinski definition) is 11. The lowest BCUT2D eigenvalue weighted by atomic mass is 10.1. The molecule has 0 aromatic heterocycles. The molecule has 0 unspecified atom stereocenters. The van der Waals surface area contributed by atoms with E-state index in [1.807, 2.05) is 5.01 Å². The maximum atomic E-state index is 12.5. The number of carbonyl (C=O) groups excluding carboxylic acids is 2.